The van der Waals surface area contributed by atoms with Gasteiger partial charge in [-0.15, -0.1) is 0 Å². The molecule has 0 fully saturated rings. The molecule has 0 aliphatic carbocycles. The van der Waals surface area contributed by atoms with Crippen LogP contribution in [0.4, 0.5) is 0 Å². The summed E-state index contributed by atoms with van der Waals surface area (Å²) in [6, 6.07) is 0. The monoisotopic (exact) mass is 159 g/mol. The first-order chi connectivity index (χ1) is 5.02. The Hall–Kier alpha value is -1.06. The van der Waals surface area contributed by atoms with Crippen molar-refractivity contribution in [2.24, 2.45) is 0 Å². The third-order valence-corrected chi connectivity index (χ3v) is 0.777. The average molecular weight is 159 g/mol. The molecular formula is C7H11O4. The van der Waals surface area contributed by atoms with E-state index in [1.807, 2.05) is 0 Å². The molecule has 0 rings (SSSR count). The quantitative estimate of drug-likeness (QED) is 0.568. The van der Waals surface area contributed by atoms with E-state index < -0.39 is 18.0 Å². The van der Waals surface area contributed by atoms with Gasteiger partial charge in [0.05, 0.1) is 0 Å². The number of esters is 2. The summed E-state index contributed by atoms with van der Waals surface area (Å²) < 4.78 is 9.09. The van der Waals surface area contributed by atoms with Crippen LogP contribution in [0.1, 0.15) is 20.8 Å². The lowest BCUT2D eigenvalue weighted by atomic mass is 10.4. The smallest absolute Gasteiger partial charge is 0.303 e. The Balaban J connectivity index is 3.44. The Morgan fingerprint density at radius 2 is 1.82 bits per heavy atom. The Morgan fingerprint density at radius 1 is 1.27 bits per heavy atom. The fraction of sp³-hybridized carbons (Fsp3) is 0.571. The first-order valence-electron chi connectivity index (χ1n) is 3.20. The minimum Gasteiger partial charge on any atom is -0.459 e. The summed E-state index contributed by atoms with van der Waals surface area (Å²) in [6.45, 7) is 5.34. The van der Waals surface area contributed by atoms with Crippen LogP contribution in [0.15, 0.2) is 0 Å². The summed E-state index contributed by atoms with van der Waals surface area (Å²) in [5.41, 5.74) is 0. The van der Waals surface area contributed by atoms with E-state index in [2.05, 4.69) is 9.47 Å². The zero-order valence-electron chi connectivity index (χ0n) is 6.79. The second kappa shape index (κ2) is 4.71. The molecule has 0 heterocycles. The van der Waals surface area contributed by atoms with Crippen LogP contribution < -0.4 is 0 Å². The molecule has 63 valence electrons. The van der Waals surface area contributed by atoms with Gasteiger partial charge in [0.1, 0.15) is 6.10 Å². The average Bonchev–Trinajstić information content (AvgIpc) is 1.82. The Labute approximate surface area is 65.5 Å². The molecule has 1 radical (unpaired) electrons. The highest BCUT2D eigenvalue weighted by Crippen LogP contribution is 1.97. The summed E-state index contributed by atoms with van der Waals surface area (Å²) in [4.78, 5) is 20.6. The molecule has 0 N–H and O–H groups in total. The molecule has 0 aliphatic heterocycles. The number of hydrogen-bond acceptors (Lipinski definition) is 4. The second-order valence-electron chi connectivity index (χ2n) is 2.06. The van der Waals surface area contributed by atoms with Gasteiger partial charge in [0.15, 0.2) is 6.61 Å². The number of carbonyl (C=O) groups excluding carboxylic acids is 2. The van der Waals surface area contributed by atoms with Crippen LogP contribution in [0.3, 0.4) is 0 Å². The second-order valence-corrected chi connectivity index (χ2v) is 2.06. The van der Waals surface area contributed by atoms with Crippen LogP contribution in [-0.2, 0) is 19.1 Å². The Kier molecular flexibility index (Phi) is 4.26. The molecular weight excluding hydrogens is 148 g/mol. The summed E-state index contributed by atoms with van der Waals surface area (Å²) in [7, 11) is 0. The summed E-state index contributed by atoms with van der Waals surface area (Å²) >= 11 is 0. The summed E-state index contributed by atoms with van der Waals surface area (Å²) in [5, 5.41) is 0. The van der Waals surface area contributed by atoms with Gasteiger partial charge in [-0.25, -0.2) is 0 Å². The third kappa shape index (κ3) is 6.83. The van der Waals surface area contributed by atoms with Crippen LogP contribution in [0, 0.1) is 6.61 Å². The Bertz CT molecular complexity index is 153. The standard InChI is InChI=1S/C7H11O4/c1-5(11-7(3)9)4-10-6(2)8/h4-5H,1-3H3. The molecule has 0 saturated carbocycles. The van der Waals surface area contributed by atoms with Crippen molar-refractivity contribution in [3.05, 3.63) is 6.61 Å². The van der Waals surface area contributed by atoms with Crippen molar-refractivity contribution in [1.82, 2.24) is 0 Å². The number of ether oxygens (including phenoxy) is 2. The predicted molar refractivity (Wildman–Crippen MR) is 37.3 cm³/mol. The lowest BCUT2D eigenvalue weighted by molar-refractivity contribution is -0.150. The molecule has 0 amide bonds. The van der Waals surface area contributed by atoms with E-state index in [1.165, 1.54) is 20.5 Å². The minimum absolute atomic E-state index is 0.402. The summed E-state index contributed by atoms with van der Waals surface area (Å²) in [5.74, 6) is -0.829. The van der Waals surface area contributed by atoms with Crippen LogP contribution >= 0.6 is 0 Å². The van der Waals surface area contributed by atoms with Crippen LogP contribution in [0.25, 0.3) is 0 Å². The van der Waals surface area contributed by atoms with Gasteiger partial charge in [-0.1, -0.05) is 0 Å². The molecule has 1 unspecified atom stereocenters. The fourth-order valence-electron chi connectivity index (χ4n) is 0.481. The highest BCUT2D eigenvalue weighted by molar-refractivity contribution is 5.67. The Morgan fingerprint density at radius 3 is 2.18 bits per heavy atom. The third-order valence-electron chi connectivity index (χ3n) is 0.777. The minimum atomic E-state index is -0.489. The van der Waals surface area contributed by atoms with Crippen LogP contribution in [-0.4, -0.2) is 18.0 Å². The molecule has 1 atom stereocenters. The van der Waals surface area contributed by atoms with E-state index in [9.17, 15) is 9.59 Å². The normalized spacial score (nSPS) is 11.9. The van der Waals surface area contributed by atoms with Crippen molar-refractivity contribution in [3.63, 3.8) is 0 Å². The van der Waals surface area contributed by atoms with Crippen molar-refractivity contribution in [1.29, 1.82) is 0 Å². The lowest BCUT2D eigenvalue weighted by Crippen LogP contribution is -2.15. The number of rotatable bonds is 3. The molecule has 0 aromatic heterocycles. The van der Waals surface area contributed by atoms with Gasteiger partial charge in [-0.05, 0) is 6.92 Å². The maximum absolute atomic E-state index is 10.3. The number of carbonyl (C=O) groups is 2. The molecule has 0 saturated heterocycles. The highest BCUT2D eigenvalue weighted by Gasteiger charge is 2.07. The molecule has 0 bridgehead atoms. The van der Waals surface area contributed by atoms with E-state index in [0.717, 1.165) is 0 Å². The topological polar surface area (TPSA) is 52.6 Å². The van der Waals surface area contributed by atoms with E-state index in [0.29, 0.717) is 0 Å². The SMILES string of the molecule is CC(=O)O[CH]C(C)OC(C)=O. The largest absolute Gasteiger partial charge is 0.459 e. The lowest BCUT2D eigenvalue weighted by Gasteiger charge is -2.09. The molecule has 0 aromatic rings. The van der Waals surface area contributed by atoms with E-state index in [1.54, 1.807) is 6.92 Å². The van der Waals surface area contributed by atoms with Crippen molar-refractivity contribution in [2.75, 3.05) is 0 Å². The molecule has 4 heteroatoms. The first kappa shape index (κ1) is 9.94. The van der Waals surface area contributed by atoms with Crippen LogP contribution in [0.2, 0.25) is 0 Å². The van der Waals surface area contributed by atoms with Gasteiger partial charge >= 0.3 is 11.9 Å². The molecule has 0 spiro atoms. The molecule has 0 aliphatic rings. The van der Waals surface area contributed by atoms with Gasteiger partial charge in [0.25, 0.3) is 0 Å². The molecule has 0 aromatic carbocycles. The van der Waals surface area contributed by atoms with Crippen molar-refractivity contribution < 1.29 is 19.1 Å². The van der Waals surface area contributed by atoms with Crippen molar-refractivity contribution >= 4 is 11.9 Å². The highest BCUT2D eigenvalue weighted by atomic mass is 16.6. The zero-order chi connectivity index (χ0) is 8.85. The van der Waals surface area contributed by atoms with E-state index in [-0.39, 0.29) is 0 Å². The van der Waals surface area contributed by atoms with Crippen LogP contribution in [0.5, 0.6) is 0 Å². The predicted octanol–water partition coefficient (Wildman–Crippen LogP) is 0.663. The van der Waals surface area contributed by atoms with Gasteiger partial charge in [0, 0.05) is 13.8 Å². The van der Waals surface area contributed by atoms with Gasteiger partial charge in [-0.2, -0.15) is 0 Å². The van der Waals surface area contributed by atoms with E-state index >= 15 is 0 Å². The first-order valence-corrected chi connectivity index (χ1v) is 3.20. The molecule has 11 heavy (non-hydrogen) atoms. The van der Waals surface area contributed by atoms with Gasteiger partial charge < -0.3 is 9.47 Å². The van der Waals surface area contributed by atoms with Gasteiger partial charge in [0.2, 0.25) is 0 Å². The van der Waals surface area contributed by atoms with Crippen molar-refractivity contribution in [3.8, 4) is 0 Å². The van der Waals surface area contributed by atoms with E-state index in [4.69, 9.17) is 0 Å². The zero-order valence-corrected chi connectivity index (χ0v) is 6.79. The fourth-order valence-corrected chi connectivity index (χ4v) is 0.481. The maximum Gasteiger partial charge on any atom is 0.303 e. The number of hydrogen-bond donors (Lipinski definition) is 0. The maximum atomic E-state index is 10.3. The van der Waals surface area contributed by atoms with Gasteiger partial charge in [-0.3, -0.25) is 9.59 Å². The summed E-state index contributed by atoms with van der Waals surface area (Å²) in [6.07, 6.45) is -0.489. The van der Waals surface area contributed by atoms with Crippen molar-refractivity contribution in [2.45, 2.75) is 26.9 Å². The molecule has 4 nitrogen and oxygen atoms in total.